The van der Waals surface area contributed by atoms with Crippen LogP contribution in [0.2, 0.25) is 5.02 Å². The van der Waals surface area contributed by atoms with Gasteiger partial charge in [0.1, 0.15) is 11.9 Å². The molecule has 2 heterocycles. The summed E-state index contributed by atoms with van der Waals surface area (Å²) in [6.07, 6.45) is 0.429. The predicted octanol–water partition coefficient (Wildman–Crippen LogP) is 3.64. The fraction of sp³-hybridized carbons (Fsp3) is 0.261. The molecule has 0 saturated carbocycles. The normalized spacial score (nSPS) is 16.4. The highest BCUT2D eigenvalue weighted by Gasteiger charge is 2.35. The largest absolute Gasteiger partial charge is 0.348 e. The zero-order chi connectivity index (χ0) is 23.9. The lowest BCUT2D eigenvalue weighted by molar-refractivity contribution is -0.142. The first-order valence-electron chi connectivity index (χ1n) is 10.3. The molecule has 0 aliphatic carbocycles. The van der Waals surface area contributed by atoms with Crippen LogP contribution in [0, 0.1) is 13.8 Å². The monoisotopic (exact) mass is 578 g/mol. The first kappa shape index (κ1) is 23.4. The van der Waals surface area contributed by atoms with E-state index in [1.807, 2.05) is 6.92 Å². The van der Waals surface area contributed by atoms with Crippen molar-refractivity contribution in [3.8, 4) is 0 Å². The highest BCUT2D eigenvalue weighted by molar-refractivity contribution is 14.1. The Bertz CT molecular complexity index is 1370. The number of benzene rings is 2. The third-order valence-corrected chi connectivity index (χ3v) is 7.09. The molecule has 8 nitrogen and oxygen atoms in total. The van der Waals surface area contributed by atoms with Crippen LogP contribution < -0.4 is 10.9 Å². The molecule has 0 unspecified atom stereocenters. The molecule has 0 bridgehead atoms. The quantitative estimate of drug-likeness (QED) is 0.290. The van der Waals surface area contributed by atoms with Gasteiger partial charge in [-0.1, -0.05) is 23.7 Å². The molecule has 1 saturated heterocycles. The van der Waals surface area contributed by atoms with Crippen molar-refractivity contribution in [1.82, 2.24) is 18.0 Å². The van der Waals surface area contributed by atoms with Crippen molar-refractivity contribution in [3.63, 3.8) is 0 Å². The number of carbonyl (C=O) groups is 3. The summed E-state index contributed by atoms with van der Waals surface area (Å²) in [6, 6.07) is 9.49. The average molecular weight is 579 g/mol. The van der Waals surface area contributed by atoms with E-state index in [1.54, 1.807) is 66.2 Å². The van der Waals surface area contributed by atoms with Gasteiger partial charge in [-0.25, -0.2) is 8.10 Å². The van der Waals surface area contributed by atoms with Crippen LogP contribution in [0.15, 0.2) is 41.2 Å². The number of carbonyl (C=O) groups excluding carboxylic acids is 3. The number of aromatic nitrogens is 2. The van der Waals surface area contributed by atoms with E-state index in [4.69, 9.17) is 11.6 Å². The summed E-state index contributed by atoms with van der Waals surface area (Å²) in [5.41, 5.74) is 2.19. The molecule has 33 heavy (non-hydrogen) atoms. The number of piperidine rings is 1. The molecule has 1 aliphatic heterocycles. The minimum Gasteiger partial charge on any atom is -0.348 e. The van der Waals surface area contributed by atoms with Gasteiger partial charge in [-0.15, -0.1) is 0 Å². The van der Waals surface area contributed by atoms with Gasteiger partial charge in [0.2, 0.25) is 5.91 Å². The third-order valence-electron chi connectivity index (χ3n) is 5.67. The van der Waals surface area contributed by atoms with Gasteiger partial charge in [0.05, 0.1) is 33.8 Å². The van der Waals surface area contributed by atoms with Crippen LogP contribution in [0.3, 0.4) is 0 Å². The summed E-state index contributed by atoms with van der Waals surface area (Å²) in [5, 5.41) is 3.68. The lowest BCUT2D eigenvalue weighted by atomic mass is 10.0. The number of rotatable bonds is 4. The Morgan fingerprint density at radius 3 is 2.67 bits per heavy atom. The summed E-state index contributed by atoms with van der Waals surface area (Å²) in [4.78, 5) is 54.8. The summed E-state index contributed by atoms with van der Waals surface area (Å²) >= 11 is 7.78. The van der Waals surface area contributed by atoms with Gasteiger partial charge in [0.25, 0.3) is 17.4 Å². The van der Waals surface area contributed by atoms with Crippen LogP contribution in [0.25, 0.3) is 10.9 Å². The zero-order valence-electron chi connectivity index (χ0n) is 17.9. The Hall–Kier alpha value is -2.79. The molecule has 3 aromatic rings. The molecule has 3 amide bonds. The summed E-state index contributed by atoms with van der Waals surface area (Å²) in [7, 11) is 0. The number of nitrogens with zero attached hydrogens (tertiary/aromatic N) is 3. The second-order valence-electron chi connectivity index (χ2n) is 7.90. The Balaban J connectivity index is 1.62. The van der Waals surface area contributed by atoms with Crippen LogP contribution in [0.5, 0.6) is 0 Å². The second-order valence-corrected chi connectivity index (χ2v) is 9.27. The minimum atomic E-state index is -0.779. The van der Waals surface area contributed by atoms with Crippen molar-refractivity contribution in [3.05, 3.63) is 74.3 Å². The van der Waals surface area contributed by atoms with Gasteiger partial charge in [-0.2, -0.15) is 0 Å². The maximum Gasteiger partial charge on any atom is 0.262 e. The Kier molecular flexibility index (Phi) is 6.53. The van der Waals surface area contributed by atoms with Gasteiger partial charge < -0.3 is 5.32 Å². The third kappa shape index (κ3) is 4.51. The van der Waals surface area contributed by atoms with Crippen LogP contribution in [0.4, 0.5) is 0 Å². The topological polar surface area (TPSA) is 101 Å². The van der Waals surface area contributed by atoms with Crippen LogP contribution in [-0.2, 0) is 16.1 Å². The molecule has 0 spiro atoms. The van der Waals surface area contributed by atoms with Crippen molar-refractivity contribution in [2.45, 2.75) is 39.3 Å². The first-order valence-corrected chi connectivity index (χ1v) is 11.6. The van der Waals surface area contributed by atoms with E-state index in [-0.39, 0.29) is 36.8 Å². The maximum absolute atomic E-state index is 13.3. The fourth-order valence-corrected chi connectivity index (χ4v) is 4.57. The average Bonchev–Trinajstić information content (AvgIpc) is 2.79. The van der Waals surface area contributed by atoms with Gasteiger partial charge in [-0.05, 0) is 55.7 Å². The van der Waals surface area contributed by atoms with E-state index in [1.165, 1.54) is 4.57 Å². The molecule has 0 radical (unpaired) electrons. The molecule has 1 N–H and O–H groups in total. The van der Waals surface area contributed by atoms with Gasteiger partial charge in [0, 0.05) is 23.6 Å². The molecule has 4 rings (SSSR count). The number of imide groups is 1. The lowest BCUT2D eigenvalue weighted by Crippen LogP contribution is -2.43. The summed E-state index contributed by atoms with van der Waals surface area (Å²) in [5.74, 6) is -0.582. The molecule has 1 aromatic heterocycles. The van der Waals surface area contributed by atoms with Crippen molar-refractivity contribution in [1.29, 1.82) is 0 Å². The van der Waals surface area contributed by atoms with E-state index < -0.39 is 11.9 Å². The SMILES string of the molecule is Cc1ccc(C(=O)NCc2ccc3nc(C)n([C@H]4CCC(=O)N(I)C4=O)c(=O)c3c2)cc1Cl. The van der Waals surface area contributed by atoms with Crippen LogP contribution >= 0.6 is 34.5 Å². The predicted molar refractivity (Wildman–Crippen MR) is 132 cm³/mol. The number of nitrogens with one attached hydrogen (secondary N) is 1. The van der Waals surface area contributed by atoms with E-state index in [0.29, 0.717) is 32.9 Å². The number of aryl methyl sites for hydroxylation is 2. The molecule has 1 fully saturated rings. The molecule has 1 aliphatic rings. The molecular weight excluding hydrogens is 559 g/mol. The van der Waals surface area contributed by atoms with Gasteiger partial charge in [-0.3, -0.25) is 23.7 Å². The smallest absolute Gasteiger partial charge is 0.262 e. The lowest BCUT2D eigenvalue weighted by Gasteiger charge is -2.28. The first-order chi connectivity index (χ1) is 15.7. The summed E-state index contributed by atoms with van der Waals surface area (Å²) in [6.45, 7) is 3.73. The van der Waals surface area contributed by atoms with E-state index in [2.05, 4.69) is 10.3 Å². The number of amides is 3. The second kappa shape index (κ2) is 9.22. The molecular formula is C23H20ClIN4O4. The van der Waals surface area contributed by atoms with E-state index in [0.717, 1.165) is 8.68 Å². The number of halogens is 2. The summed E-state index contributed by atoms with van der Waals surface area (Å²) < 4.78 is 2.39. The zero-order valence-corrected chi connectivity index (χ0v) is 20.8. The Morgan fingerprint density at radius 1 is 1.18 bits per heavy atom. The van der Waals surface area contributed by atoms with Crippen molar-refractivity contribution < 1.29 is 14.4 Å². The molecule has 2 aromatic carbocycles. The highest BCUT2D eigenvalue weighted by Crippen LogP contribution is 2.27. The standard InChI is InChI=1S/C23H20ClIN4O4/c1-12-3-5-15(10-17(12)24)21(31)26-11-14-4-6-18-16(9-14)22(32)28(13(2)27-18)19-7-8-20(30)29(25)23(19)33/h3-6,9-10,19H,7-8,11H2,1-2H3,(H,26,31)/t19-/m0/s1. The van der Waals surface area contributed by atoms with Crippen molar-refractivity contribution >= 4 is 63.1 Å². The number of hydrogen-bond acceptors (Lipinski definition) is 5. The van der Waals surface area contributed by atoms with Crippen LogP contribution in [0.1, 0.15) is 46.2 Å². The molecule has 10 heteroatoms. The van der Waals surface area contributed by atoms with Crippen molar-refractivity contribution in [2.75, 3.05) is 0 Å². The number of hydrogen-bond donors (Lipinski definition) is 1. The van der Waals surface area contributed by atoms with Gasteiger partial charge in [0.15, 0.2) is 0 Å². The van der Waals surface area contributed by atoms with E-state index in [9.17, 15) is 19.2 Å². The fourth-order valence-electron chi connectivity index (χ4n) is 3.83. The van der Waals surface area contributed by atoms with E-state index >= 15 is 0 Å². The highest BCUT2D eigenvalue weighted by atomic mass is 127. The van der Waals surface area contributed by atoms with Gasteiger partial charge >= 0.3 is 0 Å². The van der Waals surface area contributed by atoms with Crippen molar-refractivity contribution in [2.24, 2.45) is 0 Å². The maximum atomic E-state index is 13.3. The minimum absolute atomic E-state index is 0.179. The Labute approximate surface area is 208 Å². The number of fused-ring (bicyclic) bond motifs is 1. The molecule has 1 atom stereocenters. The van der Waals surface area contributed by atoms with Crippen LogP contribution in [-0.4, -0.2) is 30.4 Å². The Morgan fingerprint density at radius 2 is 1.94 bits per heavy atom. The molecule has 170 valence electrons.